The maximum absolute atomic E-state index is 11.8. The average Bonchev–Trinajstić information content (AvgIpc) is 2.83. The van der Waals surface area contributed by atoms with Crippen LogP contribution in [-0.4, -0.2) is 30.0 Å². The van der Waals surface area contributed by atoms with Gasteiger partial charge in [-0.2, -0.15) is 11.8 Å². The van der Waals surface area contributed by atoms with E-state index in [9.17, 15) is 4.79 Å². The number of ether oxygens (including phenoxy) is 1. The molecule has 0 aromatic heterocycles. The molecule has 0 aliphatic carbocycles. The Balaban J connectivity index is 1.75. The van der Waals surface area contributed by atoms with Gasteiger partial charge in [-0.25, -0.2) is 0 Å². The summed E-state index contributed by atoms with van der Waals surface area (Å²) in [6.45, 7) is 0.871. The number of ketones is 1. The van der Waals surface area contributed by atoms with E-state index in [-0.39, 0.29) is 5.78 Å². The summed E-state index contributed by atoms with van der Waals surface area (Å²) >= 11 is 7.42. The molecule has 1 heterocycles. The molecule has 1 unspecified atom stereocenters. The van der Waals surface area contributed by atoms with Crippen molar-refractivity contribution in [3.8, 4) is 0 Å². The Morgan fingerprint density at radius 3 is 2.82 bits per heavy atom. The van der Waals surface area contributed by atoms with E-state index in [1.54, 1.807) is 36.0 Å². The van der Waals surface area contributed by atoms with Crippen LogP contribution in [0.1, 0.15) is 23.2 Å². The van der Waals surface area contributed by atoms with E-state index >= 15 is 0 Å². The minimum absolute atomic E-state index is 0.157. The van der Waals surface area contributed by atoms with Crippen molar-refractivity contribution in [2.24, 2.45) is 0 Å². The van der Waals surface area contributed by atoms with E-state index in [0.29, 0.717) is 16.9 Å². The van der Waals surface area contributed by atoms with E-state index in [1.807, 2.05) is 0 Å². The minimum atomic E-state index is 0.157. The Kier molecular flexibility index (Phi) is 4.89. The molecule has 1 aromatic carbocycles. The number of carbonyl (C=O) groups is 1. The molecule has 1 aliphatic rings. The van der Waals surface area contributed by atoms with E-state index in [0.717, 1.165) is 30.8 Å². The van der Waals surface area contributed by atoms with E-state index in [1.165, 1.54) is 0 Å². The van der Waals surface area contributed by atoms with Gasteiger partial charge in [0, 0.05) is 22.9 Å². The highest BCUT2D eigenvalue weighted by Gasteiger charge is 2.16. The Morgan fingerprint density at radius 2 is 2.18 bits per heavy atom. The SMILES string of the molecule is O=C(CSCC1CCCO1)c1ccc(Cl)cc1. The number of rotatable bonds is 5. The van der Waals surface area contributed by atoms with Crippen LogP contribution in [-0.2, 0) is 4.74 Å². The quantitative estimate of drug-likeness (QED) is 0.767. The number of thioether (sulfide) groups is 1. The van der Waals surface area contributed by atoms with Crippen LogP contribution in [0.4, 0.5) is 0 Å². The Hall–Kier alpha value is -0.510. The van der Waals surface area contributed by atoms with Crippen LogP contribution in [0.5, 0.6) is 0 Å². The first kappa shape index (κ1) is 12.9. The summed E-state index contributed by atoms with van der Waals surface area (Å²) in [5.41, 5.74) is 0.731. The summed E-state index contributed by atoms with van der Waals surface area (Å²) in [5.74, 6) is 1.59. The molecule has 0 bridgehead atoms. The van der Waals surface area contributed by atoms with Crippen molar-refractivity contribution in [1.29, 1.82) is 0 Å². The van der Waals surface area contributed by atoms with Gasteiger partial charge in [0.05, 0.1) is 11.9 Å². The van der Waals surface area contributed by atoms with E-state index in [2.05, 4.69) is 0 Å². The topological polar surface area (TPSA) is 26.3 Å². The van der Waals surface area contributed by atoms with Gasteiger partial charge in [-0.1, -0.05) is 11.6 Å². The first-order valence-corrected chi connectivity index (χ1v) is 7.27. The highest BCUT2D eigenvalue weighted by Crippen LogP contribution is 2.18. The predicted molar refractivity (Wildman–Crippen MR) is 72.1 cm³/mol. The van der Waals surface area contributed by atoms with Crippen LogP contribution in [0.25, 0.3) is 0 Å². The molecule has 92 valence electrons. The minimum Gasteiger partial charge on any atom is -0.377 e. The van der Waals surface area contributed by atoms with Crippen LogP contribution in [0.15, 0.2) is 24.3 Å². The molecule has 1 aliphatic heterocycles. The summed E-state index contributed by atoms with van der Waals surface area (Å²) in [6.07, 6.45) is 2.62. The fourth-order valence-electron chi connectivity index (χ4n) is 1.78. The third-order valence-electron chi connectivity index (χ3n) is 2.73. The van der Waals surface area contributed by atoms with Crippen LogP contribution in [0, 0.1) is 0 Å². The van der Waals surface area contributed by atoms with Gasteiger partial charge in [-0.3, -0.25) is 4.79 Å². The zero-order valence-electron chi connectivity index (χ0n) is 9.52. The second-order valence-corrected chi connectivity index (χ2v) is 5.55. The molecule has 1 atom stereocenters. The number of hydrogen-bond donors (Lipinski definition) is 0. The predicted octanol–water partition coefficient (Wildman–Crippen LogP) is 3.43. The van der Waals surface area contributed by atoms with Crippen molar-refractivity contribution in [1.82, 2.24) is 0 Å². The molecule has 4 heteroatoms. The van der Waals surface area contributed by atoms with Gasteiger partial charge in [-0.15, -0.1) is 0 Å². The van der Waals surface area contributed by atoms with Crippen LogP contribution in [0.3, 0.4) is 0 Å². The Bertz CT molecular complexity index is 372. The molecule has 0 amide bonds. The van der Waals surface area contributed by atoms with Gasteiger partial charge in [0.2, 0.25) is 0 Å². The van der Waals surface area contributed by atoms with Crippen molar-refractivity contribution in [3.05, 3.63) is 34.9 Å². The van der Waals surface area contributed by atoms with Gasteiger partial charge in [0.25, 0.3) is 0 Å². The fraction of sp³-hybridized carbons (Fsp3) is 0.462. The lowest BCUT2D eigenvalue weighted by atomic mass is 10.1. The highest BCUT2D eigenvalue weighted by molar-refractivity contribution is 8.00. The zero-order chi connectivity index (χ0) is 12.1. The Labute approximate surface area is 111 Å². The summed E-state index contributed by atoms with van der Waals surface area (Å²) in [4.78, 5) is 11.8. The van der Waals surface area contributed by atoms with Crippen LogP contribution in [0.2, 0.25) is 5.02 Å². The molecule has 0 radical (unpaired) electrons. The van der Waals surface area contributed by atoms with Gasteiger partial charge < -0.3 is 4.74 Å². The lowest BCUT2D eigenvalue weighted by Gasteiger charge is -2.08. The average molecular weight is 271 g/mol. The van der Waals surface area contributed by atoms with Gasteiger partial charge >= 0.3 is 0 Å². The molecule has 1 fully saturated rings. The number of carbonyl (C=O) groups excluding carboxylic acids is 1. The fourth-order valence-corrected chi connectivity index (χ4v) is 2.90. The first-order chi connectivity index (χ1) is 8.25. The van der Waals surface area contributed by atoms with Gasteiger partial charge in [-0.05, 0) is 37.1 Å². The molecule has 2 rings (SSSR count). The zero-order valence-corrected chi connectivity index (χ0v) is 11.1. The summed E-state index contributed by atoms with van der Waals surface area (Å²) in [5, 5.41) is 0.661. The second-order valence-electron chi connectivity index (χ2n) is 4.08. The summed E-state index contributed by atoms with van der Waals surface area (Å²) in [7, 11) is 0. The van der Waals surface area contributed by atoms with Gasteiger partial charge in [0.1, 0.15) is 0 Å². The molecule has 2 nitrogen and oxygen atoms in total. The maximum atomic E-state index is 11.8. The normalized spacial score (nSPS) is 19.5. The number of benzene rings is 1. The molecule has 0 N–H and O–H groups in total. The number of Topliss-reactive ketones (excluding diaryl/α,β-unsaturated/α-hetero) is 1. The maximum Gasteiger partial charge on any atom is 0.172 e. The van der Waals surface area contributed by atoms with E-state index in [4.69, 9.17) is 16.3 Å². The highest BCUT2D eigenvalue weighted by atomic mass is 35.5. The molecule has 0 spiro atoms. The third kappa shape index (κ3) is 4.02. The summed E-state index contributed by atoms with van der Waals surface area (Å²) in [6, 6.07) is 7.05. The molecule has 0 saturated carbocycles. The lowest BCUT2D eigenvalue weighted by molar-refractivity contribution is 0.102. The van der Waals surface area contributed by atoms with Crippen LogP contribution >= 0.6 is 23.4 Å². The number of halogens is 1. The van der Waals surface area contributed by atoms with Crippen molar-refractivity contribution < 1.29 is 9.53 Å². The molecule has 1 saturated heterocycles. The second kappa shape index (κ2) is 6.43. The van der Waals surface area contributed by atoms with Crippen molar-refractivity contribution in [3.63, 3.8) is 0 Å². The molecule has 17 heavy (non-hydrogen) atoms. The van der Waals surface area contributed by atoms with E-state index < -0.39 is 0 Å². The molecular weight excluding hydrogens is 256 g/mol. The van der Waals surface area contributed by atoms with Crippen molar-refractivity contribution in [2.45, 2.75) is 18.9 Å². The monoisotopic (exact) mass is 270 g/mol. The third-order valence-corrected chi connectivity index (χ3v) is 4.05. The van der Waals surface area contributed by atoms with Crippen molar-refractivity contribution in [2.75, 3.05) is 18.1 Å². The largest absolute Gasteiger partial charge is 0.377 e. The lowest BCUT2D eigenvalue weighted by Crippen LogP contribution is -2.11. The first-order valence-electron chi connectivity index (χ1n) is 5.74. The van der Waals surface area contributed by atoms with Crippen molar-refractivity contribution >= 4 is 29.1 Å². The molecular formula is C13H15ClO2S. The van der Waals surface area contributed by atoms with Crippen LogP contribution < -0.4 is 0 Å². The summed E-state index contributed by atoms with van der Waals surface area (Å²) < 4.78 is 5.51. The standard InChI is InChI=1S/C13H15ClO2S/c14-11-5-3-10(4-6-11)13(15)9-17-8-12-2-1-7-16-12/h3-6,12H,1-2,7-9H2. The smallest absolute Gasteiger partial charge is 0.172 e. The van der Waals surface area contributed by atoms with Gasteiger partial charge in [0.15, 0.2) is 5.78 Å². The number of hydrogen-bond acceptors (Lipinski definition) is 3. The molecule has 1 aromatic rings. The Morgan fingerprint density at radius 1 is 1.41 bits per heavy atom.